The van der Waals surface area contributed by atoms with Crippen LogP contribution >= 0.6 is 0 Å². The van der Waals surface area contributed by atoms with Crippen LogP contribution in [0.4, 0.5) is 0 Å². The molecule has 21 heavy (non-hydrogen) atoms. The van der Waals surface area contributed by atoms with E-state index in [9.17, 15) is 13.2 Å². The highest BCUT2D eigenvalue weighted by Gasteiger charge is 2.20. The number of sulfone groups is 1. The SMILES string of the molecule is C[C@@H](NC(=O)CS(=O)(=O)c1ccccc1)c1ccccc1. The van der Waals surface area contributed by atoms with Crippen LogP contribution in [0.15, 0.2) is 65.6 Å². The van der Waals surface area contributed by atoms with Gasteiger partial charge in [0.15, 0.2) is 9.84 Å². The summed E-state index contributed by atoms with van der Waals surface area (Å²) in [6.07, 6.45) is 0. The van der Waals surface area contributed by atoms with E-state index in [-0.39, 0.29) is 10.9 Å². The fourth-order valence-electron chi connectivity index (χ4n) is 1.99. The van der Waals surface area contributed by atoms with Crippen molar-refractivity contribution in [1.82, 2.24) is 5.32 Å². The van der Waals surface area contributed by atoms with Crippen LogP contribution in [0.2, 0.25) is 0 Å². The Morgan fingerprint density at radius 2 is 1.52 bits per heavy atom. The molecule has 0 heterocycles. The van der Waals surface area contributed by atoms with Gasteiger partial charge in [0, 0.05) is 0 Å². The van der Waals surface area contributed by atoms with E-state index in [2.05, 4.69) is 5.32 Å². The molecule has 1 amide bonds. The molecule has 0 aliphatic heterocycles. The Bertz CT molecular complexity index is 697. The third-order valence-corrected chi connectivity index (χ3v) is 4.73. The standard InChI is InChI=1S/C16H17NO3S/c1-13(14-8-4-2-5-9-14)17-16(18)12-21(19,20)15-10-6-3-7-11-15/h2-11,13H,12H2,1H3,(H,17,18)/t13-/m1/s1. The van der Waals surface area contributed by atoms with Gasteiger partial charge in [-0.25, -0.2) is 8.42 Å². The highest BCUT2D eigenvalue weighted by Crippen LogP contribution is 2.13. The van der Waals surface area contributed by atoms with Crippen LogP contribution in [0.25, 0.3) is 0 Å². The number of hydrogen-bond donors (Lipinski definition) is 1. The molecule has 0 radical (unpaired) electrons. The predicted octanol–water partition coefficient (Wildman–Crippen LogP) is 2.34. The molecule has 0 saturated carbocycles. The zero-order valence-corrected chi connectivity index (χ0v) is 12.5. The lowest BCUT2D eigenvalue weighted by atomic mass is 10.1. The van der Waals surface area contributed by atoms with E-state index in [1.54, 1.807) is 18.2 Å². The summed E-state index contributed by atoms with van der Waals surface area (Å²) in [7, 11) is -3.60. The number of amides is 1. The number of rotatable bonds is 5. The van der Waals surface area contributed by atoms with E-state index < -0.39 is 21.5 Å². The van der Waals surface area contributed by atoms with Gasteiger partial charge in [-0.2, -0.15) is 0 Å². The lowest BCUT2D eigenvalue weighted by Crippen LogP contribution is -2.32. The first kappa shape index (κ1) is 15.3. The Hall–Kier alpha value is -2.14. The number of carbonyl (C=O) groups is 1. The Balaban J connectivity index is 2.02. The Morgan fingerprint density at radius 3 is 2.10 bits per heavy atom. The third-order valence-electron chi connectivity index (χ3n) is 3.10. The summed E-state index contributed by atoms with van der Waals surface area (Å²) in [4.78, 5) is 12.1. The Kier molecular flexibility index (Phi) is 4.75. The first-order valence-corrected chi connectivity index (χ1v) is 8.26. The minimum Gasteiger partial charge on any atom is -0.349 e. The van der Waals surface area contributed by atoms with E-state index >= 15 is 0 Å². The smallest absolute Gasteiger partial charge is 0.236 e. The van der Waals surface area contributed by atoms with E-state index in [1.807, 2.05) is 37.3 Å². The molecule has 0 aromatic heterocycles. The second kappa shape index (κ2) is 6.54. The van der Waals surface area contributed by atoms with Crippen molar-refractivity contribution in [2.24, 2.45) is 0 Å². The summed E-state index contributed by atoms with van der Waals surface area (Å²) in [5.74, 6) is -1.05. The molecule has 0 unspecified atom stereocenters. The lowest BCUT2D eigenvalue weighted by Gasteiger charge is -2.14. The van der Waals surface area contributed by atoms with Crippen LogP contribution in [-0.2, 0) is 14.6 Å². The number of nitrogens with one attached hydrogen (secondary N) is 1. The molecule has 1 N–H and O–H groups in total. The lowest BCUT2D eigenvalue weighted by molar-refractivity contribution is -0.119. The zero-order chi connectivity index (χ0) is 15.3. The van der Waals surface area contributed by atoms with Crippen molar-refractivity contribution in [1.29, 1.82) is 0 Å². The van der Waals surface area contributed by atoms with Crippen molar-refractivity contribution in [3.8, 4) is 0 Å². The molecule has 1 atom stereocenters. The van der Waals surface area contributed by atoms with Gasteiger partial charge in [-0.3, -0.25) is 4.79 Å². The number of hydrogen-bond acceptors (Lipinski definition) is 3. The summed E-state index contributed by atoms with van der Waals surface area (Å²) < 4.78 is 24.2. The van der Waals surface area contributed by atoms with E-state index in [0.717, 1.165) is 5.56 Å². The molecule has 5 heteroatoms. The highest BCUT2D eigenvalue weighted by molar-refractivity contribution is 7.92. The molecular formula is C16H17NO3S. The van der Waals surface area contributed by atoms with Crippen LogP contribution in [-0.4, -0.2) is 20.1 Å². The monoisotopic (exact) mass is 303 g/mol. The molecule has 0 bridgehead atoms. The summed E-state index contributed by atoms with van der Waals surface area (Å²) >= 11 is 0. The van der Waals surface area contributed by atoms with Gasteiger partial charge in [0.05, 0.1) is 10.9 Å². The molecule has 0 aliphatic carbocycles. The maximum Gasteiger partial charge on any atom is 0.236 e. The second-order valence-corrected chi connectivity index (χ2v) is 6.76. The third kappa shape index (κ3) is 4.16. The summed E-state index contributed by atoms with van der Waals surface area (Å²) in [5.41, 5.74) is 0.933. The van der Waals surface area contributed by atoms with Crippen LogP contribution in [0.3, 0.4) is 0 Å². The molecule has 0 saturated heterocycles. The fraction of sp³-hybridized carbons (Fsp3) is 0.188. The van der Waals surface area contributed by atoms with Gasteiger partial charge in [-0.1, -0.05) is 48.5 Å². The van der Waals surface area contributed by atoms with Crippen molar-refractivity contribution in [2.75, 3.05) is 5.75 Å². The number of carbonyl (C=O) groups excluding carboxylic acids is 1. The van der Waals surface area contributed by atoms with Gasteiger partial charge in [-0.05, 0) is 24.6 Å². The van der Waals surface area contributed by atoms with Gasteiger partial charge in [0.2, 0.25) is 5.91 Å². The van der Waals surface area contributed by atoms with Gasteiger partial charge in [-0.15, -0.1) is 0 Å². The predicted molar refractivity (Wildman–Crippen MR) is 81.5 cm³/mol. The van der Waals surface area contributed by atoms with Gasteiger partial charge >= 0.3 is 0 Å². The van der Waals surface area contributed by atoms with Gasteiger partial charge in [0.1, 0.15) is 5.75 Å². The molecule has 4 nitrogen and oxygen atoms in total. The van der Waals surface area contributed by atoms with Crippen LogP contribution < -0.4 is 5.32 Å². The van der Waals surface area contributed by atoms with Crippen LogP contribution in [0.1, 0.15) is 18.5 Å². The Labute approximate surface area is 124 Å². The molecule has 2 rings (SSSR count). The van der Waals surface area contributed by atoms with E-state index in [1.165, 1.54) is 12.1 Å². The van der Waals surface area contributed by atoms with E-state index in [4.69, 9.17) is 0 Å². The summed E-state index contributed by atoms with van der Waals surface area (Å²) in [5, 5.41) is 2.70. The topological polar surface area (TPSA) is 63.2 Å². The normalized spacial score (nSPS) is 12.6. The minimum absolute atomic E-state index is 0.160. The first-order chi connectivity index (χ1) is 9.99. The van der Waals surface area contributed by atoms with Crippen molar-refractivity contribution in [2.45, 2.75) is 17.9 Å². The van der Waals surface area contributed by atoms with Crippen molar-refractivity contribution in [3.05, 3.63) is 66.2 Å². The van der Waals surface area contributed by atoms with Crippen LogP contribution in [0.5, 0.6) is 0 Å². The molecule has 0 spiro atoms. The molecular weight excluding hydrogens is 286 g/mol. The fourth-order valence-corrected chi connectivity index (χ4v) is 3.16. The molecule has 110 valence electrons. The zero-order valence-electron chi connectivity index (χ0n) is 11.7. The van der Waals surface area contributed by atoms with Crippen molar-refractivity contribution < 1.29 is 13.2 Å². The molecule has 2 aromatic rings. The van der Waals surface area contributed by atoms with E-state index in [0.29, 0.717) is 0 Å². The van der Waals surface area contributed by atoms with Crippen LogP contribution in [0, 0.1) is 0 Å². The average Bonchev–Trinajstić information content (AvgIpc) is 2.48. The van der Waals surface area contributed by atoms with Gasteiger partial charge < -0.3 is 5.32 Å². The first-order valence-electron chi connectivity index (χ1n) is 6.61. The van der Waals surface area contributed by atoms with Crippen molar-refractivity contribution >= 4 is 15.7 Å². The second-order valence-electron chi connectivity index (χ2n) is 4.77. The Morgan fingerprint density at radius 1 is 1.00 bits per heavy atom. The summed E-state index contributed by atoms with van der Waals surface area (Å²) in [6, 6.07) is 17.2. The quantitative estimate of drug-likeness (QED) is 0.922. The summed E-state index contributed by atoms with van der Waals surface area (Å²) in [6.45, 7) is 1.82. The van der Waals surface area contributed by atoms with Crippen molar-refractivity contribution in [3.63, 3.8) is 0 Å². The maximum atomic E-state index is 12.1. The van der Waals surface area contributed by atoms with Gasteiger partial charge in [0.25, 0.3) is 0 Å². The minimum atomic E-state index is -3.60. The maximum absolute atomic E-state index is 12.1. The highest BCUT2D eigenvalue weighted by atomic mass is 32.2. The number of benzene rings is 2. The molecule has 0 aliphatic rings. The molecule has 0 fully saturated rings. The average molecular weight is 303 g/mol. The molecule has 2 aromatic carbocycles. The largest absolute Gasteiger partial charge is 0.349 e.